The molecule has 1 aliphatic carbocycles. The summed E-state index contributed by atoms with van der Waals surface area (Å²) in [5, 5.41) is 19.4. The third-order valence-electron chi connectivity index (χ3n) is 16.6. The van der Waals surface area contributed by atoms with E-state index in [4.69, 9.17) is 26.8 Å². The number of hydrogen-bond acceptors (Lipinski definition) is 11. The molecule has 4 fully saturated rings. The fourth-order valence-corrected chi connectivity index (χ4v) is 12.9. The average molecular weight is 1070 g/mol. The van der Waals surface area contributed by atoms with Gasteiger partial charge in [0.25, 0.3) is 11.8 Å². The van der Waals surface area contributed by atoms with Crippen LogP contribution < -0.4 is 30.7 Å². The highest BCUT2D eigenvalue weighted by atomic mass is 35.5. The second-order valence-corrected chi connectivity index (χ2v) is 21.5. The number of aromatic nitrogens is 3. The number of nitrogens with one attached hydrogen (secondary N) is 2. The van der Waals surface area contributed by atoms with Gasteiger partial charge in [0.1, 0.15) is 29.5 Å². The molecule has 10 rings (SSSR count). The summed E-state index contributed by atoms with van der Waals surface area (Å²) in [5.74, 6) is -5.68. The van der Waals surface area contributed by atoms with Crippen molar-refractivity contribution in [1.29, 1.82) is 0 Å². The van der Waals surface area contributed by atoms with Gasteiger partial charge in [0.2, 0.25) is 11.8 Å². The molecule has 1 saturated carbocycles. The Balaban J connectivity index is 0.746. The van der Waals surface area contributed by atoms with Crippen molar-refractivity contribution in [1.82, 2.24) is 35.2 Å². The number of nitrogens with zero attached hydrogens (tertiary/aromatic N) is 6. The average Bonchev–Trinajstić information content (AvgIpc) is 3.88. The Bertz CT molecular complexity index is 3080. The number of hydrogen-bond donors (Lipinski definition) is 4. The second kappa shape index (κ2) is 21.6. The lowest BCUT2D eigenvalue weighted by Gasteiger charge is -2.41. The molecule has 3 aromatic carbocycles. The second-order valence-electron chi connectivity index (χ2n) is 21.2. The van der Waals surface area contributed by atoms with Gasteiger partial charge in [-0.25, -0.2) is 27.3 Å². The molecule has 21 heteroatoms. The van der Waals surface area contributed by atoms with Gasteiger partial charge in [-0.1, -0.05) is 55.8 Å². The number of carbonyl (C=O) groups is 4. The number of amides is 5. The lowest BCUT2D eigenvalue weighted by molar-refractivity contribution is -0.138. The van der Waals surface area contributed by atoms with Gasteiger partial charge in [-0.3, -0.25) is 29.3 Å². The van der Waals surface area contributed by atoms with Crippen molar-refractivity contribution in [3.05, 3.63) is 99.2 Å². The molecule has 3 saturated heterocycles. The van der Waals surface area contributed by atoms with E-state index < -0.39 is 70.1 Å². The third kappa shape index (κ3) is 9.74. The molecule has 6 heterocycles. The zero-order valence-corrected chi connectivity index (χ0v) is 43.4. The van der Waals surface area contributed by atoms with E-state index in [0.29, 0.717) is 56.9 Å². The van der Waals surface area contributed by atoms with Gasteiger partial charge in [0, 0.05) is 105 Å². The number of halogens is 5. The molecule has 4 atom stereocenters. The summed E-state index contributed by atoms with van der Waals surface area (Å²) in [7, 11) is 1.56. The number of imide groups is 1. The van der Waals surface area contributed by atoms with Crippen molar-refractivity contribution >= 4 is 52.1 Å². The van der Waals surface area contributed by atoms with E-state index in [1.165, 1.54) is 21.7 Å². The molecule has 16 nitrogen and oxygen atoms in total. The molecule has 404 valence electrons. The topological polar surface area (TPSA) is 197 Å². The lowest BCUT2D eigenvalue weighted by Crippen LogP contribution is -2.49. The molecule has 0 bridgehead atoms. The van der Waals surface area contributed by atoms with Crippen LogP contribution in [0.25, 0.3) is 22.0 Å². The lowest BCUT2D eigenvalue weighted by atomic mass is 9.77. The number of rotatable bonds is 14. The van der Waals surface area contributed by atoms with Crippen LogP contribution in [-0.2, 0) is 22.2 Å². The molecule has 5 aliphatic rings. The smallest absolute Gasteiger partial charge is 0.329 e. The zero-order chi connectivity index (χ0) is 53.7. The number of piperidine rings is 2. The number of aliphatic hydroxyl groups is 1. The van der Waals surface area contributed by atoms with Crippen LogP contribution in [0.15, 0.2) is 48.7 Å². The minimum absolute atomic E-state index is 0.0219. The fourth-order valence-electron chi connectivity index (χ4n) is 12.6. The van der Waals surface area contributed by atoms with Crippen LogP contribution in [0.1, 0.15) is 104 Å². The minimum Gasteiger partial charge on any atom is -0.480 e. The maximum absolute atomic E-state index is 16.4. The fraction of sp³-hybridized carbons (Fsp3) is 0.491. The van der Waals surface area contributed by atoms with Gasteiger partial charge in [0.15, 0.2) is 23.1 Å². The van der Waals surface area contributed by atoms with Crippen LogP contribution >= 0.6 is 11.6 Å². The number of aryl methyl sites for hydroxylation is 1. The van der Waals surface area contributed by atoms with Crippen LogP contribution in [0, 0.1) is 41.0 Å². The number of carbonyl (C=O) groups excluding carboxylic acids is 4. The van der Waals surface area contributed by atoms with Gasteiger partial charge in [-0.05, 0) is 80.9 Å². The Hall–Kier alpha value is -6.35. The number of nitrogens with two attached hydrogens (primary N) is 1. The molecular weight excluding hydrogens is 1010 g/mol. The van der Waals surface area contributed by atoms with Crippen molar-refractivity contribution in [2.24, 2.45) is 30.5 Å². The third-order valence-corrected chi connectivity index (χ3v) is 17.0. The van der Waals surface area contributed by atoms with Gasteiger partial charge < -0.3 is 35.4 Å². The van der Waals surface area contributed by atoms with Gasteiger partial charge in [-0.15, -0.1) is 0 Å². The minimum atomic E-state index is -1.15. The first kappa shape index (κ1) is 53.1. The van der Waals surface area contributed by atoms with E-state index in [1.54, 1.807) is 7.05 Å². The standard InChI is InChI=1S/C55H62ClF4N9O7/c1-29-26-67(17-15-35(29)43-38(57)23-36-49(47(43)59)66(3)65-51(36)69-20-16-41(71)64-54(69)74)27-31-13-18-68(19-14-31)53(73)32-9-11-34(12-10-32)63-28-55(33-7-5-4-6-8-33)30(2)42-40(76-55)24-39(58)46(56)45(42)44-37(50(61)72)25-62-52(48(44)60)75-22-21-70/h4-8,23-25,29-32,34-35,63,70H,9-22,26-28H2,1-3H3,(H2,61,72)(H,64,71,74)/t29-,30+,32?,34?,35+,55+/m1/s1. The Morgan fingerprint density at radius 1 is 0.947 bits per heavy atom. The van der Waals surface area contributed by atoms with Crippen LogP contribution in [0.5, 0.6) is 11.6 Å². The molecular formula is C55H62ClF4N9O7. The Morgan fingerprint density at radius 2 is 1.68 bits per heavy atom. The SMILES string of the molecule is C[C@@H]1CN(CC2CCN(C(=O)C3CCC(NC[C@]4(c5ccccc5)Oc5cc(F)c(Cl)c(-c6c(C(N)=O)cnc(OCCO)c6F)c5[C@@H]4C)CC3)CC2)CC[C@@H]1c1c(F)cc2c(N3CCC(=O)NC3=O)nn(C)c2c1F. The van der Waals surface area contributed by atoms with Crippen LogP contribution in [0.4, 0.5) is 28.2 Å². The van der Waals surface area contributed by atoms with E-state index >= 15 is 17.6 Å². The summed E-state index contributed by atoms with van der Waals surface area (Å²) in [6.07, 6.45) is 6.21. The highest BCUT2D eigenvalue weighted by Gasteiger charge is 2.51. The molecule has 0 spiro atoms. The number of anilines is 1. The van der Waals surface area contributed by atoms with Crippen molar-refractivity contribution < 1.29 is 51.3 Å². The summed E-state index contributed by atoms with van der Waals surface area (Å²) >= 11 is 6.70. The number of aliphatic hydroxyl groups excluding tert-OH is 1. The number of primary amides is 1. The molecule has 5 aromatic rings. The number of fused-ring (bicyclic) bond motifs is 2. The molecule has 4 aliphatic heterocycles. The highest BCUT2D eigenvalue weighted by Crippen LogP contribution is 2.56. The van der Waals surface area contributed by atoms with E-state index in [0.717, 1.165) is 44.0 Å². The first-order chi connectivity index (χ1) is 36.5. The summed E-state index contributed by atoms with van der Waals surface area (Å²) in [6, 6.07) is 11.2. The highest BCUT2D eigenvalue weighted by molar-refractivity contribution is 6.34. The maximum Gasteiger partial charge on any atom is 0.329 e. The normalized spacial score (nSPS) is 24.4. The molecule has 76 heavy (non-hydrogen) atoms. The quantitative estimate of drug-likeness (QED) is 0.0797. The Morgan fingerprint density at radius 3 is 2.37 bits per heavy atom. The maximum atomic E-state index is 16.4. The van der Waals surface area contributed by atoms with E-state index in [-0.39, 0.29) is 101 Å². The largest absolute Gasteiger partial charge is 0.480 e. The van der Waals surface area contributed by atoms with Crippen LogP contribution in [-0.4, -0.2) is 118 Å². The van der Waals surface area contributed by atoms with Crippen LogP contribution in [0.3, 0.4) is 0 Å². The first-order valence-electron chi connectivity index (χ1n) is 26.2. The van der Waals surface area contributed by atoms with E-state index in [9.17, 15) is 24.3 Å². The van der Waals surface area contributed by atoms with E-state index in [1.807, 2.05) is 49.1 Å². The van der Waals surface area contributed by atoms with Crippen LogP contribution in [0.2, 0.25) is 5.02 Å². The van der Waals surface area contributed by atoms with Crippen molar-refractivity contribution in [3.8, 4) is 22.8 Å². The zero-order valence-electron chi connectivity index (χ0n) is 42.7. The number of likely N-dealkylation sites (tertiary alicyclic amines) is 2. The predicted octanol–water partition coefficient (Wildman–Crippen LogP) is 7.67. The number of pyridine rings is 1. The van der Waals surface area contributed by atoms with Crippen molar-refractivity contribution in [3.63, 3.8) is 0 Å². The molecule has 5 amide bonds. The molecule has 0 unspecified atom stereocenters. The van der Waals surface area contributed by atoms with Gasteiger partial charge in [-0.2, -0.15) is 5.10 Å². The molecule has 2 aromatic heterocycles. The first-order valence-corrected chi connectivity index (χ1v) is 26.6. The number of urea groups is 1. The Kier molecular flexibility index (Phi) is 15.1. The summed E-state index contributed by atoms with van der Waals surface area (Å²) in [6.45, 7) is 6.99. The van der Waals surface area contributed by atoms with Crippen molar-refractivity contribution in [2.45, 2.75) is 88.7 Å². The van der Waals surface area contributed by atoms with E-state index in [2.05, 4.69) is 25.6 Å². The monoisotopic (exact) mass is 1070 g/mol. The number of benzene rings is 3. The molecule has 0 radical (unpaired) electrons. The predicted molar refractivity (Wildman–Crippen MR) is 275 cm³/mol. The Labute approximate surface area is 442 Å². The molecule has 5 N–H and O–H groups in total. The van der Waals surface area contributed by atoms with Crippen molar-refractivity contribution in [2.75, 3.05) is 63.9 Å². The summed E-state index contributed by atoms with van der Waals surface area (Å²) in [5.41, 5.74) is 5.01. The van der Waals surface area contributed by atoms with Gasteiger partial charge >= 0.3 is 6.03 Å². The summed E-state index contributed by atoms with van der Waals surface area (Å²) < 4.78 is 78.2. The summed E-state index contributed by atoms with van der Waals surface area (Å²) in [4.78, 5) is 60.6. The van der Waals surface area contributed by atoms with Gasteiger partial charge in [0.05, 0.1) is 22.6 Å². The number of ether oxygens (including phenoxy) is 2.